The molecule has 26 heavy (non-hydrogen) atoms. The van der Waals surface area contributed by atoms with E-state index in [1.165, 1.54) is 12.1 Å². The molecule has 1 aliphatic rings. The van der Waals surface area contributed by atoms with Crippen molar-refractivity contribution in [1.82, 2.24) is 24.7 Å². The van der Waals surface area contributed by atoms with Crippen LogP contribution in [0.15, 0.2) is 47.6 Å². The van der Waals surface area contributed by atoms with Crippen molar-refractivity contribution in [3.8, 4) is 0 Å². The van der Waals surface area contributed by atoms with Gasteiger partial charge in [0.25, 0.3) is 5.91 Å². The smallest absolute Gasteiger partial charge is 0.253 e. The van der Waals surface area contributed by atoms with Crippen molar-refractivity contribution in [2.24, 2.45) is 0 Å². The van der Waals surface area contributed by atoms with Crippen molar-refractivity contribution in [2.45, 2.75) is 17.9 Å². The third-order valence-corrected chi connectivity index (χ3v) is 5.67. The van der Waals surface area contributed by atoms with Crippen molar-refractivity contribution < 1.29 is 13.2 Å². The first-order valence-electron chi connectivity index (χ1n) is 8.63. The van der Waals surface area contributed by atoms with Gasteiger partial charge >= 0.3 is 0 Å². The summed E-state index contributed by atoms with van der Waals surface area (Å²) in [7, 11) is -3.65. The van der Waals surface area contributed by atoms with E-state index in [0.717, 1.165) is 13.1 Å². The van der Waals surface area contributed by atoms with E-state index in [2.05, 4.69) is 15.1 Å². The van der Waals surface area contributed by atoms with E-state index in [-0.39, 0.29) is 10.8 Å². The number of aryl methyl sites for hydroxylation is 1. The first kappa shape index (κ1) is 18.6. The number of carbonyl (C=O) groups excluding carboxylic acids is 1. The molecule has 3 rings (SSSR count). The monoisotopic (exact) mass is 377 g/mol. The van der Waals surface area contributed by atoms with Gasteiger partial charge in [0.1, 0.15) is 0 Å². The molecule has 0 atom stereocenters. The Morgan fingerprint density at radius 1 is 1.23 bits per heavy atom. The van der Waals surface area contributed by atoms with E-state index in [9.17, 15) is 13.2 Å². The maximum Gasteiger partial charge on any atom is 0.253 e. The van der Waals surface area contributed by atoms with Crippen LogP contribution in [-0.4, -0.2) is 61.7 Å². The highest BCUT2D eigenvalue weighted by Crippen LogP contribution is 2.14. The van der Waals surface area contributed by atoms with Crippen LogP contribution < -0.4 is 10.0 Å². The summed E-state index contributed by atoms with van der Waals surface area (Å²) in [6.45, 7) is 3.70. The molecule has 0 unspecified atom stereocenters. The van der Waals surface area contributed by atoms with Crippen LogP contribution in [0.2, 0.25) is 0 Å². The molecule has 0 spiro atoms. The van der Waals surface area contributed by atoms with Crippen LogP contribution in [0.3, 0.4) is 0 Å². The fourth-order valence-corrected chi connectivity index (χ4v) is 3.93. The lowest BCUT2D eigenvalue weighted by Crippen LogP contribution is -2.46. The summed E-state index contributed by atoms with van der Waals surface area (Å²) in [6.07, 6.45) is 4.14. The van der Waals surface area contributed by atoms with Crippen LogP contribution in [0.1, 0.15) is 16.8 Å². The number of carbonyl (C=O) groups is 1. The molecule has 1 saturated heterocycles. The van der Waals surface area contributed by atoms with Crippen LogP contribution in [0.5, 0.6) is 0 Å². The summed E-state index contributed by atoms with van der Waals surface area (Å²) >= 11 is 0. The summed E-state index contributed by atoms with van der Waals surface area (Å²) in [4.78, 5) is 14.4. The fourth-order valence-electron chi connectivity index (χ4n) is 2.81. The SMILES string of the molecule is O=C(c1cccc(S(=O)(=O)NCCCn2cccn2)c1)N1CCNCC1. The number of hydrogen-bond acceptors (Lipinski definition) is 5. The summed E-state index contributed by atoms with van der Waals surface area (Å²) in [5.74, 6) is -0.137. The van der Waals surface area contributed by atoms with Gasteiger partial charge in [-0.05, 0) is 30.7 Å². The van der Waals surface area contributed by atoms with Crippen LogP contribution in [0.25, 0.3) is 0 Å². The molecular weight excluding hydrogens is 354 g/mol. The molecule has 2 N–H and O–H groups in total. The normalized spacial score (nSPS) is 15.2. The molecular formula is C17H23N5O3S. The van der Waals surface area contributed by atoms with E-state index in [1.54, 1.807) is 27.9 Å². The van der Waals surface area contributed by atoms with E-state index in [1.807, 2.05) is 12.3 Å². The average Bonchev–Trinajstić information content (AvgIpc) is 3.19. The number of hydrogen-bond donors (Lipinski definition) is 2. The number of aromatic nitrogens is 2. The van der Waals surface area contributed by atoms with Gasteiger partial charge in [-0.1, -0.05) is 6.07 Å². The van der Waals surface area contributed by atoms with Crippen molar-refractivity contribution >= 4 is 15.9 Å². The van der Waals surface area contributed by atoms with Crippen LogP contribution in [-0.2, 0) is 16.6 Å². The van der Waals surface area contributed by atoms with Gasteiger partial charge in [-0.2, -0.15) is 5.10 Å². The number of nitrogens with one attached hydrogen (secondary N) is 2. The molecule has 1 aliphatic heterocycles. The lowest BCUT2D eigenvalue weighted by Gasteiger charge is -2.27. The summed E-state index contributed by atoms with van der Waals surface area (Å²) < 4.78 is 29.3. The maximum absolute atomic E-state index is 12.5. The highest BCUT2D eigenvalue weighted by atomic mass is 32.2. The minimum absolute atomic E-state index is 0.109. The Labute approximate surface area is 153 Å². The summed E-state index contributed by atoms with van der Waals surface area (Å²) in [5.41, 5.74) is 0.395. The zero-order valence-corrected chi connectivity index (χ0v) is 15.3. The quantitative estimate of drug-likeness (QED) is 0.677. The minimum atomic E-state index is -3.65. The highest BCUT2D eigenvalue weighted by Gasteiger charge is 2.20. The number of piperazine rings is 1. The molecule has 1 aromatic heterocycles. The third kappa shape index (κ3) is 4.69. The lowest BCUT2D eigenvalue weighted by molar-refractivity contribution is 0.0735. The predicted octanol–water partition coefficient (Wildman–Crippen LogP) is 0.297. The van der Waals surface area contributed by atoms with Gasteiger partial charge < -0.3 is 10.2 Å². The second-order valence-electron chi connectivity index (χ2n) is 6.09. The fraction of sp³-hybridized carbons (Fsp3) is 0.412. The molecule has 1 fully saturated rings. The Balaban J connectivity index is 1.61. The molecule has 2 aromatic rings. The second-order valence-corrected chi connectivity index (χ2v) is 7.86. The van der Waals surface area contributed by atoms with Crippen LogP contribution in [0.4, 0.5) is 0 Å². The van der Waals surface area contributed by atoms with Crippen molar-refractivity contribution in [3.63, 3.8) is 0 Å². The molecule has 9 heteroatoms. The predicted molar refractivity (Wildman–Crippen MR) is 97.2 cm³/mol. The van der Waals surface area contributed by atoms with Crippen LogP contribution in [0, 0.1) is 0 Å². The lowest BCUT2D eigenvalue weighted by atomic mass is 10.2. The van der Waals surface area contributed by atoms with E-state index < -0.39 is 10.0 Å². The zero-order chi connectivity index (χ0) is 18.4. The number of amides is 1. The topological polar surface area (TPSA) is 96.3 Å². The Bertz CT molecular complexity index is 830. The number of benzene rings is 1. The molecule has 140 valence electrons. The van der Waals surface area contributed by atoms with Crippen LogP contribution >= 0.6 is 0 Å². The van der Waals surface area contributed by atoms with Crippen molar-refractivity contribution in [1.29, 1.82) is 0 Å². The van der Waals surface area contributed by atoms with E-state index >= 15 is 0 Å². The third-order valence-electron chi connectivity index (χ3n) is 4.21. The molecule has 1 amide bonds. The Kier molecular flexibility index (Phi) is 6.02. The maximum atomic E-state index is 12.5. The summed E-state index contributed by atoms with van der Waals surface area (Å²) in [6, 6.07) is 8.03. The molecule has 0 radical (unpaired) electrons. The molecule has 1 aromatic carbocycles. The molecule has 0 aliphatic carbocycles. The highest BCUT2D eigenvalue weighted by molar-refractivity contribution is 7.89. The Hall–Kier alpha value is -2.23. The van der Waals surface area contributed by atoms with Crippen molar-refractivity contribution in [3.05, 3.63) is 48.3 Å². The van der Waals surface area contributed by atoms with Gasteiger partial charge in [0, 0.05) is 57.2 Å². The average molecular weight is 377 g/mol. The van der Waals surface area contributed by atoms with Gasteiger partial charge in [-0.3, -0.25) is 9.48 Å². The Morgan fingerprint density at radius 3 is 2.77 bits per heavy atom. The van der Waals surface area contributed by atoms with Crippen molar-refractivity contribution in [2.75, 3.05) is 32.7 Å². The van der Waals surface area contributed by atoms with Gasteiger partial charge in [-0.15, -0.1) is 0 Å². The Morgan fingerprint density at radius 2 is 2.04 bits per heavy atom. The van der Waals surface area contributed by atoms with Gasteiger partial charge in [-0.25, -0.2) is 13.1 Å². The van der Waals surface area contributed by atoms with Gasteiger partial charge in [0.15, 0.2) is 0 Å². The number of rotatable bonds is 7. The number of nitrogens with zero attached hydrogens (tertiary/aromatic N) is 3. The van der Waals surface area contributed by atoms with E-state index in [0.29, 0.717) is 38.2 Å². The molecule has 0 bridgehead atoms. The molecule has 0 saturated carbocycles. The standard InChI is InChI=1S/C17H23N5O3S/c23-17(21-12-8-18-9-13-21)15-4-1-5-16(14-15)26(24,25)20-7-3-11-22-10-2-6-19-22/h1-2,4-6,10,14,18,20H,3,7-9,11-13H2. The number of sulfonamides is 1. The minimum Gasteiger partial charge on any atom is -0.336 e. The summed E-state index contributed by atoms with van der Waals surface area (Å²) in [5, 5.41) is 7.27. The molecule has 8 nitrogen and oxygen atoms in total. The first-order valence-corrected chi connectivity index (χ1v) is 10.1. The van der Waals surface area contributed by atoms with Gasteiger partial charge in [0.05, 0.1) is 4.90 Å². The zero-order valence-electron chi connectivity index (χ0n) is 14.5. The van der Waals surface area contributed by atoms with Gasteiger partial charge in [0.2, 0.25) is 10.0 Å². The second kappa shape index (κ2) is 8.43. The molecule has 2 heterocycles. The van der Waals surface area contributed by atoms with E-state index in [4.69, 9.17) is 0 Å². The first-order chi connectivity index (χ1) is 12.6. The largest absolute Gasteiger partial charge is 0.336 e.